The third-order valence-corrected chi connectivity index (χ3v) is 4.57. The van der Waals surface area contributed by atoms with Crippen molar-refractivity contribution in [3.63, 3.8) is 0 Å². The van der Waals surface area contributed by atoms with Gasteiger partial charge in [-0.15, -0.1) is 0 Å². The van der Waals surface area contributed by atoms with Crippen molar-refractivity contribution in [3.05, 3.63) is 100 Å². The quantitative estimate of drug-likeness (QED) is 0.358. The molecule has 3 aromatic rings. The summed E-state index contributed by atoms with van der Waals surface area (Å²) in [4.78, 5) is 12.4. The molecule has 0 N–H and O–H groups in total. The molecule has 0 spiro atoms. The summed E-state index contributed by atoms with van der Waals surface area (Å²) in [5.74, 6) is 1.30. The number of carbonyl (C=O) groups is 1. The van der Waals surface area contributed by atoms with Crippen molar-refractivity contribution >= 4 is 23.5 Å². The highest BCUT2D eigenvalue weighted by atomic mass is 35.5. The lowest BCUT2D eigenvalue weighted by Gasteiger charge is -2.12. The van der Waals surface area contributed by atoms with Gasteiger partial charge in [-0.2, -0.15) is 0 Å². The topological polar surface area (TPSA) is 35.5 Å². The highest BCUT2D eigenvalue weighted by molar-refractivity contribution is 6.32. The Morgan fingerprint density at radius 3 is 2.57 bits per heavy atom. The van der Waals surface area contributed by atoms with E-state index in [4.69, 9.17) is 21.1 Å². The first-order chi connectivity index (χ1) is 13.6. The van der Waals surface area contributed by atoms with Crippen LogP contribution in [0.3, 0.4) is 0 Å². The Balaban J connectivity index is 1.76. The first-order valence-corrected chi connectivity index (χ1v) is 9.28. The zero-order valence-electron chi connectivity index (χ0n) is 15.8. The van der Waals surface area contributed by atoms with E-state index in [1.807, 2.05) is 67.6 Å². The molecular weight excluding hydrogens is 372 g/mol. The molecule has 0 saturated heterocycles. The van der Waals surface area contributed by atoms with Gasteiger partial charge in [-0.1, -0.05) is 59.6 Å². The lowest BCUT2D eigenvalue weighted by atomic mass is 10.1. The van der Waals surface area contributed by atoms with Crippen LogP contribution in [0.4, 0.5) is 0 Å². The van der Waals surface area contributed by atoms with Gasteiger partial charge in [0.05, 0.1) is 12.1 Å². The van der Waals surface area contributed by atoms with E-state index in [0.717, 1.165) is 16.7 Å². The Kier molecular flexibility index (Phi) is 6.51. The molecule has 0 aliphatic rings. The monoisotopic (exact) mass is 392 g/mol. The molecule has 142 valence electrons. The van der Waals surface area contributed by atoms with Gasteiger partial charge in [0.1, 0.15) is 18.1 Å². The van der Waals surface area contributed by atoms with Crippen molar-refractivity contribution in [2.45, 2.75) is 13.5 Å². The number of benzene rings is 3. The molecule has 0 radical (unpaired) electrons. The van der Waals surface area contributed by atoms with E-state index in [1.54, 1.807) is 25.3 Å². The second kappa shape index (κ2) is 9.25. The fourth-order valence-electron chi connectivity index (χ4n) is 2.80. The van der Waals surface area contributed by atoms with Crippen LogP contribution in [0, 0.1) is 6.92 Å². The molecule has 0 saturated carbocycles. The van der Waals surface area contributed by atoms with E-state index in [0.29, 0.717) is 28.7 Å². The van der Waals surface area contributed by atoms with Crippen LogP contribution in [-0.4, -0.2) is 12.9 Å². The van der Waals surface area contributed by atoms with Gasteiger partial charge in [-0.05, 0) is 48.9 Å². The summed E-state index contributed by atoms with van der Waals surface area (Å²) in [6, 6.07) is 20.6. The number of ketones is 1. The molecule has 3 aromatic carbocycles. The molecule has 4 heteroatoms. The Bertz CT molecular complexity index is 1010. The summed E-state index contributed by atoms with van der Waals surface area (Å²) in [6.07, 6.45) is 3.37. The lowest BCUT2D eigenvalue weighted by molar-refractivity contribution is 0.104. The number of halogens is 1. The van der Waals surface area contributed by atoms with Gasteiger partial charge in [-0.25, -0.2) is 0 Å². The second-order valence-corrected chi connectivity index (χ2v) is 6.76. The standard InChI is InChI=1S/C24H21ClO3/c1-17-6-5-7-19(14-17)22(26)12-10-18-11-13-23(27-2)20(15-18)16-28-24-9-4-3-8-21(24)25/h3-15H,16H2,1-2H3/b12-10+. The van der Waals surface area contributed by atoms with Crippen LogP contribution in [0.1, 0.15) is 27.0 Å². The van der Waals surface area contributed by atoms with Crippen LogP contribution in [0.2, 0.25) is 5.02 Å². The molecule has 3 rings (SSSR count). The van der Waals surface area contributed by atoms with Crippen LogP contribution in [0.25, 0.3) is 6.08 Å². The van der Waals surface area contributed by atoms with Crippen LogP contribution in [-0.2, 0) is 6.61 Å². The number of ether oxygens (including phenoxy) is 2. The fourth-order valence-corrected chi connectivity index (χ4v) is 2.99. The average Bonchev–Trinajstić information content (AvgIpc) is 2.71. The first kappa shape index (κ1) is 19.7. The molecule has 0 aliphatic carbocycles. The third-order valence-electron chi connectivity index (χ3n) is 4.25. The van der Waals surface area contributed by atoms with Crippen LogP contribution >= 0.6 is 11.6 Å². The molecule has 0 heterocycles. The Labute approximate surface area is 170 Å². The number of carbonyl (C=O) groups excluding carboxylic acids is 1. The number of methoxy groups -OCH3 is 1. The van der Waals surface area contributed by atoms with Crippen molar-refractivity contribution in [1.82, 2.24) is 0 Å². The van der Waals surface area contributed by atoms with Gasteiger partial charge >= 0.3 is 0 Å². The lowest BCUT2D eigenvalue weighted by Crippen LogP contribution is -2.00. The third kappa shape index (κ3) is 5.02. The van der Waals surface area contributed by atoms with E-state index in [2.05, 4.69) is 0 Å². The molecule has 0 aromatic heterocycles. The summed E-state index contributed by atoms with van der Waals surface area (Å²) >= 11 is 6.14. The SMILES string of the molecule is COc1ccc(/C=C/C(=O)c2cccc(C)c2)cc1COc1ccccc1Cl. The van der Waals surface area contributed by atoms with Gasteiger partial charge < -0.3 is 9.47 Å². The molecular formula is C24H21ClO3. The van der Waals surface area contributed by atoms with Gasteiger partial charge in [0, 0.05) is 11.1 Å². The molecule has 0 atom stereocenters. The van der Waals surface area contributed by atoms with E-state index >= 15 is 0 Å². The van der Waals surface area contributed by atoms with Crippen LogP contribution < -0.4 is 9.47 Å². The molecule has 0 aliphatic heterocycles. The normalized spacial score (nSPS) is 10.8. The number of aryl methyl sites for hydroxylation is 1. The summed E-state index contributed by atoms with van der Waals surface area (Å²) in [5.41, 5.74) is 3.49. The zero-order chi connectivity index (χ0) is 19.9. The van der Waals surface area contributed by atoms with Crippen molar-refractivity contribution < 1.29 is 14.3 Å². The number of allylic oxidation sites excluding steroid dienone is 1. The minimum atomic E-state index is -0.0339. The fraction of sp³-hybridized carbons (Fsp3) is 0.125. The molecule has 0 bridgehead atoms. The van der Waals surface area contributed by atoms with Crippen molar-refractivity contribution in [1.29, 1.82) is 0 Å². The zero-order valence-corrected chi connectivity index (χ0v) is 16.6. The van der Waals surface area contributed by atoms with E-state index < -0.39 is 0 Å². The van der Waals surface area contributed by atoms with E-state index in [-0.39, 0.29) is 5.78 Å². The number of hydrogen-bond donors (Lipinski definition) is 0. The Morgan fingerprint density at radius 1 is 1.00 bits per heavy atom. The van der Waals surface area contributed by atoms with Gasteiger partial charge in [0.15, 0.2) is 5.78 Å². The van der Waals surface area contributed by atoms with Crippen molar-refractivity contribution in [2.75, 3.05) is 7.11 Å². The summed E-state index contributed by atoms with van der Waals surface area (Å²) in [7, 11) is 1.62. The number of rotatable bonds is 7. The average molecular weight is 393 g/mol. The smallest absolute Gasteiger partial charge is 0.185 e. The Hall–Kier alpha value is -3.04. The maximum absolute atomic E-state index is 12.4. The maximum Gasteiger partial charge on any atom is 0.185 e. The molecule has 28 heavy (non-hydrogen) atoms. The highest BCUT2D eigenvalue weighted by Crippen LogP contribution is 2.27. The maximum atomic E-state index is 12.4. The first-order valence-electron chi connectivity index (χ1n) is 8.90. The second-order valence-electron chi connectivity index (χ2n) is 6.36. The Morgan fingerprint density at radius 2 is 1.82 bits per heavy atom. The minimum absolute atomic E-state index is 0.0339. The number of hydrogen-bond acceptors (Lipinski definition) is 3. The van der Waals surface area contributed by atoms with Crippen molar-refractivity contribution in [2.24, 2.45) is 0 Å². The molecule has 0 unspecified atom stereocenters. The highest BCUT2D eigenvalue weighted by Gasteiger charge is 2.07. The van der Waals surface area contributed by atoms with Gasteiger partial charge in [-0.3, -0.25) is 4.79 Å². The van der Waals surface area contributed by atoms with E-state index in [9.17, 15) is 4.79 Å². The minimum Gasteiger partial charge on any atom is -0.496 e. The summed E-state index contributed by atoms with van der Waals surface area (Å²) < 4.78 is 11.2. The molecule has 0 amide bonds. The van der Waals surface area contributed by atoms with E-state index in [1.165, 1.54) is 0 Å². The molecule has 3 nitrogen and oxygen atoms in total. The molecule has 0 fully saturated rings. The van der Waals surface area contributed by atoms with Crippen LogP contribution in [0.5, 0.6) is 11.5 Å². The predicted molar refractivity (Wildman–Crippen MR) is 113 cm³/mol. The van der Waals surface area contributed by atoms with Gasteiger partial charge in [0.2, 0.25) is 0 Å². The summed E-state index contributed by atoms with van der Waals surface area (Å²) in [6.45, 7) is 2.27. The predicted octanol–water partition coefficient (Wildman–Crippen LogP) is 6.13. The summed E-state index contributed by atoms with van der Waals surface area (Å²) in [5, 5.41) is 0.557. The largest absolute Gasteiger partial charge is 0.496 e. The van der Waals surface area contributed by atoms with Gasteiger partial charge in [0.25, 0.3) is 0 Å². The van der Waals surface area contributed by atoms with Crippen LogP contribution in [0.15, 0.2) is 72.8 Å². The van der Waals surface area contributed by atoms with Crippen molar-refractivity contribution in [3.8, 4) is 11.5 Å². The number of para-hydroxylation sites is 1.